The molecule has 7 nitrogen and oxygen atoms in total. The molecule has 0 saturated carbocycles. The Balaban J connectivity index is 1.90. The summed E-state index contributed by atoms with van der Waals surface area (Å²) in [6.07, 6.45) is 0. The highest BCUT2D eigenvalue weighted by molar-refractivity contribution is 5.79. The summed E-state index contributed by atoms with van der Waals surface area (Å²) in [5, 5.41) is 8.93. The Labute approximate surface area is 149 Å². The number of ether oxygens (including phenoxy) is 2. The molecule has 2 aromatic carbocycles. The van der Waals surface area contributed by atoms with Crippen molar-refractivity contribution in [2.75, 3.05) is 7.11 Å². The maximum atomic E-state index is 12.6. The number of imidazole rings is 1. The van der Waals surface area contributed by atoms with Crippen molar-refractivity contribution in [1.29, 1.82) is 5.26 Å². The summed E-state index contributed by atoms with van der Waals surface area (Å²) in [5.41, 5.74) is 1.56. The zero-order chi connectivity index (χ0) is 18.7. The Morgan fingerprint density at radius 2 is 1.81 bits per heavy atom. The zero-order valence-electron chi connectivity index (χ0n) is 14.4. The number of esters is 1. The zero-order valence-corrected chi connectivity index (χ0v) is 14.4. The van der Waals surface area contributed by atoms with Crippen LogP contribution in [0.25, 0.3) is 11.0 Å². The van der Waals surface area contributed by atoms with Crippen LogP contribution in [0.15, 0.2) is 47.3 Å². The predicted molar refractivity (Wildman–Crippen MR) is 95.2 cm³/mol. The molecule has 0 atom stereocenters. The third kappa shape index (κ3) is 3.05. The molecule has 0 aliphatic carbocycles. The molecule has 0 fully saturated rings. The van der Waals surface area contributed by atoms with E-state index in [1.165, 1.54) is 29.9 Å². The van der Waals surface area contributed by atoms with Gasteiger partial charge in [0.05, 0.1) is 29.8 Å². The minimum Gasteiger partial charge on any atom is -0.493 e. The molecule has 0 aliphatic rings. The Hall–Kier alpha value is -3.53. The molecule has 0 N–H and O–H groups in total. The fourth-order valence-electron chi connectivity index (χ4n) is 2.84. The number of methoxy groups -OCH3 is 1. The van der Waals surface area contributed by atoms with Crippen molar-refractivity contribution in [1.82, 2.24) is 9.13 Å². The first kappa shape index (κ1) is 17.3. The fourth-order valence-corrected chi connectivity index (χ4v) is 2.84. The van der Waals surface area contributed by atoms with Crippen LogP contribution in [0.2, 0.25) is 0 Å². The molecule has 0 amide bonds. The van der Waals surface area contributed by atoms with Crippen molar-refractivity contribution in [3.05, 3.63) is 58.5 Å². The van der Waals surface area contributed by atoms with E-state index in [1.54, 1.807) is 10.6 Å². The average Bonchev–Trinajstić information content (AvgIpc) is 2.93. The Bertz CT molecular complexity index is 1070. The van der Waals surface area contributed by atoms with Crippen LogP contribution in [0.1, 0.15) is 12.5 Å². The lowest BCUT2D eigenvalue weighted by atomic mass is 10.2. The monoisotopic (exact) mass is 351 g/mol. The van der Waals surface area contributed by atoms with E-state index in [-0.39, 0.29) is 23.7 Å². The summed E-state index contributed by atoms with van der Waals surface area (Å²) in [6.45, 7) is 2.15. The Morgan fingerprint density at radius 3 is 2.42 bits per heavy atom. The Kier molecular flexibility index (Phi) is 4.76. The lowest BCUT2D eigenvalue weighted by Crippen LogP contribution is -2.28. The molecule has 0 bridgehead atoms. The van der Waals surface area contributed by atoms with Crippen LogP contribution in [-0.4, -0.2) is 22.2 Å². The summed E-state index contributed by atoms with van der Waals surface area (Å²) in [7, 11) is 1.42. The number of fused-ring (bicyclic) bond motifs is 1. The van der Waals surface area contributed by atoms with Gasteiger partial charge in [-0.3, -0.25) is 9.13 Å². The van der Waals surface area contributed by atoms with E-state index in [9.17, 15) is 9.59 Å². The van der Waals surface area contributed by atoms with Gasteiger partial charge in [0, 0.05) is 12.6 Å². The summed E-state index contributed by atoms with van der Waals surface area (Å²) in [5.74, 6) is -0.126. The normalized spacial score (nSPS) is 10.5. The minimum atomic E-state index is -0.603. The molecule has 3 rings (SSSR count). The number of benzene rings is 2. The largest absolute Gasteiger partial charge is 0.493 e. The van der Waals surface area contributed by atoms with Gasteiger partial charge in [-0.05, 0) is 31.2 Å². The molecular weight excluding hydrogens is 334 g/mol. The quantitative estimate of drug-likeness (QED) is 0.520. The van der Waals surface area contributed by atoms with Crippen LogP contribution in [0.4, 0.5) is 0 Å². The highest BCUT2D eigenvalue weighted by Crippen LogP contribution is 2.28. The molecule has 1 aromatic heterocycles. The molecule has 0 unspecified atom stereocenters. The predicted octanol–water partition coefficient (Wildman–Crippen LogP) is 2.31. The van der Waals surface area contributed by atoms with Gasteiger partial charge in [0.15, 0.2) is 11.5 Å². The highest BCUT2D eigenvalue weighted by atomic mass is 16.6. The van der Waals surface area contributed by atoms with E-state index >= 15 is 0 Å². The number of nitriles is 1. The first-order chi connectivity index (χ1) is 12.6. The van der Waals surface area contributed by atoms with Crippen LogP contribution in [0.3, 0.4) is 0 Å². The number of aromatic nitrogens is 2. The lowest BCUT2D eigenvalue weighted by molar-refractivity contribution is -0.135. The van der Waals surface area contributed by atoms with Crippen molar-refractivity contribution in [2.24, 2.45) is 0 Å². The van der Waals surface area contributed by atoms with E-state index < -0.39 is 5.97 Å². The summed E-state index contributed by atoms with van der Waals surface area (Å²) in [6, 6.07) is 13.8. The first-order valence-corrected chi connectivity index (χ1v) is 8.06. The fraction of sp³-hybridized carbons (Fsp3) is 0.211. The number of carbonyl (C=O) groups is 1. The van der Waals surface area contributed by atoms with Gasteiger partial charge in [-0.1, -0.05) is 12.1 Å². The number of para-hydroxylation sites is 2. The smallest absolute Gasteiger partial charge is 0.331 e. The highest BCUT2D eigenvalue weighted by Gasteiger charge is 2.17. The number of aryl methyl sites for hydroxylation is 1. The summed E-state index contributed by atoms with van der Waals surface area (Å²) >= 11 is 0. The van der Waals surface area contributed by atoms with Crippen LogP contribution < -0.4 is 15.2 Å². The van der Waals surface area contributed by atoms with Gasteiger partial charge in [-0.25, -0.2) is 9.59 Å². The van der Waals surface area contributed by atoms with Gasteiger partial charge in [-0.2, -0.15) is 5.26 Å². The van der Waals surface area contributed by atoms with Gasteiger partial charge in [-0.15, -0.1) is 0 Å². The van der Waals surface area contributed by atoms with Gasteiger partial charge in [0.2, 0.25) is 0 Å². The van der Waals surface area contributed by atoms with Crippen molar-refractivity contribution in [3.63, 3.8) is 0 Å². The van der Waals surface area contributed by atoms with Gasteiger partial charge in [0.1, 0.15) is 6.54 Å². The van der Waals surface area contributed by atoms with Crippen LogP contribution in [0, 0.1) is 11.3 Å². The summed E-state index contributed by atoms with van der Waals surface area (Å²) in [4.78, 5) is 25.0. The second-order valence-electron chi connectivity index (χ2n) is 5.55. The molecule has 3 aromatic rings. The minimum absolute atomic E-state index is 0.198. The topological polar surface area (TPSA) is 86.3 Å². The lowest BCUT2D eigenvalue weighted by Gasteiger charge is -2.09. The molecule has 26 heavy (non-hydrogen) atoms. The maximum absolute atomic E-state index is 12.6. The molecule has 0 aliphatic heterocycles. The number of nitrogens with zero attached hydrogens (tertiary/aromatic N) is 3. The number of carbonyl (C=O) groups excluding carboxylic acids is 1. The third-order valence-corrected chi connectivity index (χ3v) is 4.05. The first-order valence-electron chi connectivity index (χ1n) is 8.06. The van der Waals surface area contributed by atoms with Gasteiger partial charge < -0.3 is 9.47 Å². The van der Waals surface area contributed by atoms with Crippen LogP contribution in [0.5, 0.6) is 11.5 Å². The number of rotatable bonds is 5. The van der Waals surface area contributed by atoms with Crippen molar-refractivity contribution < 1.29 is 14.3 Å². The third-order valence-electron chi connectivity index (χ3n) is 4.05. The van der Waals surface area contributed by atoms with E-state index in [1.807, 2.05) is 31.2 Å². The molecular formula is C19H17N3O4. The second kappa shape index (κ2) is 7.15. The van der Waals surface area contributed by atoms with E-state index in [4.69, 9.17) is 14.7 Å². The van der Waals surface area contributed by atoms with E-state index in [2.05, 4.69) is 0 Å². The molecule has 1 heterocycles. The number of hydrogen-bond donors (Lipinski definition) is 0. The molecule has 0 spiro atoms. The molecule has 132 valence electrons. The standard InChI is InChI=1S/C19H17N3O4/c1-3-21-14-6-4-5-7-15(14)22(19(21)24)12-18(23)26-16-9-8-13(11-20)10-17(16)25-2/h4-10H,3,12H2,1-2H3. The molecule has 7 heteroatoms. The SMILES string of the molecule is CCn1c(=O)n(CC(=O)Oc2ccc(C#N)cc2OC)c2ccccc21. The van der Waals surface area contributed by atoms with Crippen molar-refractivity contribution in [2.45, 2.75) is 20.0 Å². The van der Waals surface area contributed by atoms with Crippen molar-refractivity contribution >= 4 is 17.0 Å². The van der Waals surface area contributed by atoms with E-state index in [0.29, 0.717) is 17.6 Å². The Morgan fingerprint density at radius 1 is 1.12 bits per heavy atom. The van der Waals surface area contributed by atoms with Gasteiger partial charge in [0.25, 0.3) is 0 Å². The number of hydrogen-bond acceptors (Lipinski definition) is 5. The van der Waals surface area contributed by atoms with Gasteiger partial charge >= 0.3 is 11.7 Å². The summed E-state index contributed by atoms with van der Waals surface area (Å²) < 4.78 is 13.5. The maximum Gasteiger partial charge on any atom is 0.331 e. The average molecular weight is 351 g/mol. The van der Waals surface area contributed by atoms with Crippen LogP contribution >= 0.6 is 0 Å². The van der Waals surface area contributed by atoms with E-state index in [0.717, 1.165) is 5.52 Å². The molecule has 0 saturated heterocycles. The van der Waals surface area contributed by atoms with Crippen molar-refractivity contribution in [3.8, 4) is 17.6 Å². The second-order valence-corrected chi connectivity index (χ2v) is 5.55. The van der Waals surface area contributed by atoms with Crippen LogP contribution in [-0.2, 0) is 17.9 Å². The molecule has 0 radical (unpaired) electrons.